The van der Waals surface area contributed by atoms with E-state index < -0.39 is 0 Å². The molecule has 0 fully saturated rings. The molecule has 0 saturated carbocycles. The Labute approximate surface area is 148 Å². The molecule has 0 spiro atoms. The molecule has 0 atom stereocenters. The van der Waals surface area contributed by atoms with E-state index >= 15 is 0 Å². The topological polar surface area (TPSA) is 91.0 Å². The molecule has 8 nitrogen and oxygen atoms in total. The van der Waals surface area contributed by atoms with Crippen molar-refractivity contribution in [3.05, 3.63) is 58.5 Å². The number of aromatic nitrogens is 4. The molecule has 26 heavy (non-hydrogen) atoms. The van der Waals surface area contributed by atoms with Crippen molar-refractivity contribution in [2.24, 2.45) is 0 Å². The lowest BCUT2D eigenvalue weighted by atomic mass is 10.2. The third kappa shape index (κ3) is 3.94. The van der Waals surface area contributed by atoms with Crippen LogP contribution in [0.1, 0.15) is 5.56 Å². The molecule has 0 saturated heterocycles. The number of methoxy groups -OCH3 is 1. The van der Waals surface area contributed by atoms with Crippen LogP contribution in [0.4, 0.5) is 4.39 Å². The third-order valence-electron chi connectivity index (χ3n) is 3.79. The third-order valence-corrected chi connectivity index (χ3v) is 3.79. The van der Waals surface area contributed by atoms with E-state index in [1.807, 2.05) is 0 Å². The minimum atomic E-state index is -0.354. The van der Waals surface area contributed by atoms with Crippen LogP contribution in [0.2, 0.25) is 0 Å². The van der Waals surface area contributed by atoms with Crippen molar-refractivity contribution in [1.29, 1.82) is 0 Å². The molecular formula is C17H18FN5O3. The van der Waals surface area contributed by atoms with Crippen LogP contribution < -0.4 is 10.9 Å². The summed E-state index contributed by atoms with van der Waals surface area (Å²) in [6, 6.07) is 6.06. The Balaban J connectivity index is 1.76. The predicted octanol–water partition coefficient (Wildman–Crippen LogP) is 0.543. The molecule has 0 radical (unpaired) electrons. The second kappa shape index (κ2) is 7.87. The average molecular weight is 359 g/mol. The number of ether oxygens (including phenoxy) is 1. The monoisotopic (exact) mass is 359 g/mol. The predicted molar refractivity (Wildman–Crippen MR) is 92.2 cm³/mol. The quantitative estimate of drug-likeness (QED) is 0.665. The molecule has 3 aromatic rings. The van der Waals surface area contributed by atoms with Gasteiger partial charge in [0.25, 0.3) is 5.56 Å². The van der Waals surface area contributed by atoms with Crippen LogP contribution in [0.5, 0.6) is 0 Å². The van der Waals surface area contributed by atoms with Crippen LogP contribution in [0.15, 0.2) is 41.6 Å². The number of rotatable bonds is 7. The molecule has 0 aliphatic carbocycles. The van der Waals surface area contributed by atoms with Gasteiger partial charge in [-0.2, -0.15) is 5.10 Å². The van der Waals surface area contributed by atoms with E-state index in [4.69, 9.17) is 4.74 Å². The van der Waals surface area contributed by atoms with Crippen LogP contribution in [0.25, 0.3) is 11.0 Å². The second-order valence-electron chi connectivity index (χ2n) is 5.70. The molecule has 2 heterocycles. The maximum Gasteiger partial charge on any atom is 0.264 e. The summed E-state index contributed by atoms with van der Waals surface area (Å²) in [7, 11) is 1.44. The highest BCUT2D eigenvalue weighted by molar-refractivity contribution is 5.77. The minimum absolute atomic E-state index is 0.0110. The number of nitrogens with zero attached hydrogens (tertiary/aromatic N) is 4. The summed E-state index contributed by atoms with van der Waals surface area (Å²) in [6.45, 7) is 0.924. The van der Waals surface area contributed by atoms with Gasteiger partial charge >= 0.3 is 0 Å². The summed E-state index contributed by atoms with van der Waals surface area (Å²) < 4.78 is 21.0. The van der Waals surface area contributed by atoms with Crippen molar-refractivity contribution in [2.45, 2.75) is 13.1 Å². The summed E-state index contributed by atoms with van der Waals surface area (Å²) in [6.07, 6.45) is 2.86. The van der Waals surface area contributed by atoms with Crippen LogP contribution in [-0.2, 0) is 22.6 Å². The fourth-order valence-corrected chi connectivity index (χ4v) is 2.59. The number of fused-ring (bicyclic) bond motifs is 1. The second-order valence-corrected chi connectivity index (χ2v) is 5.70. The number of benzene rings is 1. The van der Waals surface area contributed by atoms with Gasteiger partial charge in [-0.15, -0.1) is 0 Å². The number of halogens is 1. The van der Waals surface area contributed by atoms with Gasteiger partial charge in [-0.3, -0.25) is 14.2 Å². The SMILES string of the molecule is COCC(=O)NCCn1ncc2c(=O)n(Cc3cccc(F)c3)cnc21. The molecule has 2 aromatic heterocycles. The Bertz CT molecular complexity index is 982. The molecule has 0 aliphatic heterocycles. The van der Waals surface area contributed by atoms with Gasteiger partial charge in [-0.05, 0) is 17.7 Å². The van der Waals surface area contributed by atoms with Gasteiger partial charge < -0.3 is 10.1 Å². The van der Waals surface area contributed by atoms with E-state index in [1.54, 1.807) is 16.8 Å². The molecule has 0 bridgehead atoms. The lowest BCUT2D eigenvalue weighted by Gasteiger charge is -2.07. The zero-order valence-corrected chi connectivity index (χ0v) is 14.2. The zero-order chi connectivity index (χ0) is 18.5. The first-order valence-corrected chi connectivity index (χ1v) is 7.99. The van der Waals surface area contributed by atoms with Gasteiger partial charge in [0.1, 0.15) is 24.1 Å². The highest BCUT2D eigenvalue weighted by atomic mass is 19.1. The molecule has 3 rings (SSSR count). The number of amides is 1. The minimum Gasteiger partial charge on any atom is -0.375 e. The first kappa shape index (κ1) is 17.7. The Hall–Kier alpha value is -3.07. The standard InChI is InChI=1S/C17H18FN5O3/c1-26-10-15(24)19-5-6-23-16-14(8-21-23)17(25)22(11-20-16)9-12-3-2-4-13(18)7-12/h2-4,7-8,11H,5-6,9-10H2,1H3,(H,19,24). The van der Waals surface area contributed by atoms with Crippen LogP contribution in [0.3, 0.4) is 0 Å². The fraction of sp³-hybridized carbons (Fsp3) is 0.294. The summed E-state index contributed by atoms with van der Waals surface area (Å²) in [5.41, 5.74) is 0.849. The van der Waals surface area contributed by atoms with Gasteiger partial charge in [0.15, 0.2) is 5.65 Å². The van der Waals surface area contributed by atoms with Crippen LogP contribution in [0, 0.1) is 5.82 Å². The Morgan fingerprint density at radius 2 is 2.23 bits per heavy atom. The smallest absolute Gasteiger partial charge is 0.264 e. The van der Waals surface area contributed by atoms with E-state index in [0.29, 0.717) is 29.7 Å². The van der Waals surface area contributed by atoms with E-state index in [9.17, 15) is 14.0 Å². The van der Waals surface area contributed by atoms with Gasteiger partial charge in [0, 0.05) is 13.7 Å². The van der Waals surface area contributed by atoms with Crippen molar-refractivity contribution in [2.75, 3.05) is 20.3 Å². The lowest BCUT2D eigenvalue weighted by Crippen LogP contribution is -2.30. The van der Waals surface area contributed by atoms with Gasteiger partial charge in [0.2, 0.25) is 5.91 Å². The zero-order valence-electron chi connectivity index (χ0n) is 14.2. The molecule has 1 N–H and O–H groups in total. The highest BCUT2D eigenvalue weighted by Gasteiger charge is 2.11. The van der Waals surface area contributed by atoms with Crippen molar-refractivity contribution in [3.63, 3.8) is 0 Å². The number of hydrogen-bond donors (Lipinski definition) is 1. The number of hydrogen-bond acceptors (Lipinski definition) is 5. The fourth-order valence-electron chi connectivity index (χ4n) is 2.59. The van der Waals surface area contributed by atoms with Gasteiger partial charge in [0.05, 0.1) is 19.3 Å². The lowest BCUT2D eigenvalue weighted by molar-refractivity contribution is -0.124. The Morgan fingerprint density at radius 3 is 3.00 bits per heavy atom. The van der Waals surface area contributed by atoms with Crippen molar-refractivity contribution < 1.29 is 13.9 Å². The summed E-state index contributed by atoms with van der Waals surface area (Å²) in [5.74, 6) is -0.581. The summed E-state index contributed by atoms with van der Waals surface area (Å²) in [4.78, 5) is 28.2. The average Bonchev–Trinajstić information content (AvgIpc) is 3.02. The molecule has 1 amide bonds. The maximum absolute atomic E-state index is 13.3. The number of nitrogens with one attached hydrogen (secondary N) is 1. The van der Waals surface area contributed by atoms with E-state index in [1.165, 1.54) is 36.3 Å². The van der Waals surface area contributed by atoms with Gasteiger partial charge in [-0.25, -0.2) is 14.1 Å². The van der Waals surface area contributed by atoms with E-state index in [2.05, 4.69) is 15.4 Å². The summed E-state index contributed by atoms with van der Waals surface area (Å²) >= 11 is 0. The first-order chi connectivity index (χ1) is 12.6. The Kier molecular flexibility index (Phi) is 5.37. The number of carbonyl (C=O) groups excluding carboxylic acids is 1. The van der Waals surface area contributed by atoms with Crippen LogP contribution in [-0.4, -0.2) is 45.5 Å². The molecule has 9 heteroatoms. The largest absolute Gasteiger partial charge is 0.375 e. The highest BCUT2D eigenvalue weighted by Crippen LogP contribution is 2.08. The number of carbonyl (C=O) groups is 1. The maximum atomic E-state index is 13.3. The first-order valence-electron chi connectivity index (χ1n) is 7.99. The van der Waals surface area contributed by atoms with E-state index in [0.717, 1.165) is 0 Å². The normalized spacial score (nSPS) is 11.0. The molecule has 0 aliphatic rings. The van der Waals surface area contributed by atoms with Gasteiger partial charge in [-0.1, -0.05) is 12.1 Å². The van der Waals surface area contributed by atoms with Crippen molar-refractivity contribution in [1.82, 2.24) is 24.6 Å². The Morgan fingerprint density at radius 1 is 1.38 bits per heavy atom. The van der Waals surface area contributed by atoms with E-state index in [-0.39, 0.29) is 30.4 Å². The molecule has 1 aromatic carbocycles. The summed E-state index contributed by atoms with van der Waals surface area (Å²) in [5, 5.41) is 7.21. The molecule has 136 valence electrons. The van der Waals surface area contributed by atoms with Crippen LogP contribution >= 0.6 is 0 Å². The van der Waals surface area contributed by atoms with Crippen molar-refractivity contribution >= 4 is 16.9 Å². The van der Waals surface area contributed by atoms with Crippen molar-refractivity contribution in [3.8, 4) is 0 Å². The molecular weight excluding hydrogens is 341 g/mol. The molecule has 0 unspecified atom stereocenters.